The molecule has 2 aromatic rings. The van der Waals surface area contributed by atoms with E-state index in [-0.39, 0.29) is 0 Å². The van der Waals surface area contributed by atoms with Gasteiger partial charge in [-0.2, -0.15) is 0 Å². The Balaban J connectivity index is 1.35. The van der Waals surface area contributed by atoms with Gasteiger partial charge in [0.25, 0.3) is 0 Å². The second kappa shape index (κ2) is 6.86. The summed E-state index contributed by atoms with van der Waals surface area (Å²) in [5.41, 5.74) is 5.69. The van der Waals surface area contributed by atoms with Crippen LogP contribution < -0.4 is 0 Å². The van der Waals surface area contributed by atoms with Crippen LogP contribution in [-0.2, 0) is 13.1 Å². The van der Waals surface area contributed by atoms with Crippen LogP contribution in [0.5, 0.6) is 0 Å². The van der Waals surface area contributed by atoms with E-state index in [0.29, 0.717) is 11.1 Å². The summed E-state index contributed by atoms with van der Waals surface area (Å²) >= 11 is 0. The molecule has 2 spiro atoms. The van der Waals surface area contributed by atoms with Crippen molar-refractivity contribution >= 4 is 0 Å². The van der Waals surface area contributed by atoms with Crippen molar-refractivity contribution in [2.45, 2.75) is 76.5 Å². The molecule has 4 aliphatic rings. The van der Waals surface area contributed by atoms with Crippen LogP contribution in [0.25, 0.3) is 0 Å². The third-order valence-electron chi connectivity index (χ3n) is 9.12. The van der Waals surface area contributed by atoms with Crippen LogP contribution >= 0.6 is 0 Å². The largest absolute Gasteiger partial charge is 0.290 e. The molecule has 2 saturated carbocycles. The van der Waals surface area contributed by atoms with E-state index >= 15 is 0 Å². The maximum absolute atomic E-state index is 4.78. The van der Waals surface area contributed by atoms with Crippen molar-refractivity contribution in [1.29, 1.82) is 0 Å². The lowest BCUT2D eigenvalue weighted by Gasteiger charge is -2.51. The van der Waals surface area contributed by atoms with Gasteiger partial charge < -0.3 is 0 Å². The lowest BCUT2D eigenvalue weighted by atomic mass is 9.74. The Morgan fingerprint density at radius 2 is 1.20 bits per heavy atom. The molecule has 2 unspecified atom stereocenters. The number of hydrogen-bond acceptors (Lipinski definition) is 4. The zero-order chi connectivity index (χ0) is 20.3. The van der Waals surface area contributed by atoms with Gasteiger partial charge in [0.15, 0.2) is 0 Å². The van der Waals surface area contributed by atoms with Crippen LogP contribution in [0.15, 0.2) is 36.7 Å². The molecule has 0 radical (unpaired) electrons. The first-order valence-electron chi connectivity index (χ1n) is 11.9. The van der Waals surface area contributed by atoms with Crippen molar-refractivity contribution in [2.75, 3.05) is 13.1 Å². The maximum atomic E-state index is 4.78. The topological polar surface area (TPSA) is 32.3 Å². The van der Waals surface area contributed by atoms with Crippen molar-refractivity contribution in [3.63, 3.8) is 0 Å². The van der Waals surface area contributed by atoms with E-state index in [1.807, 2.05) is 12.4 Å². The molecule has 6 rings (SSSR count). The van der Waals surface area contributed by atoms with Gasteiger partial charge in [0.1, 0.15) is 0 Å². The van der Waals surface area contributed by atoms with Gasteiger partial charge in [0, 0.05) is 36.6 Å². The van der Waals surface area contributed by atoms with E-state index in [0.717, 1.165) is 24.9 Å². The van der Waals surface area contributed by atoms with Gasteiger partial charge in [0.2, 0.25) is 0 Å². The van der Waals surface area contributed by atoms with Crippen molar-refractivity contribution in [2.24, 2.45) is 11.8 Å². The third kappa shape index (κ3) is 2.53. The van der Waals surface area contributed by atoms with Gasteiger partial charge in [-0.3, -0.25) is 19.8 Å². The zero-order valence-electron chi connectivity index (χ0n) is 18.5. The zero-order valence-corrected chi connectivity index (χ0v) is 18.5. The van der Waals surface area contributed by atoms with E-state index < -0.39 is 0 Å². The number of aryl methyl sites for hydroxylation is 2. The maximum Gasteiger partial charge on any atom is 0.0544 e. The van der Waals surface area contributed by atoms with Gasteiger partial charge in [-0.15, -0.1) is 0 Å². The molecule has 2 aliphatic heterocycles. The van der Waals surface area contributed by atoms with Gasteiger partial charge in [-0.1, -0.05) is 12.1 Å². The molecule has 0 aromatic carbocycles. The third-order valence-corrected chi connectivity index (χ3v) is 9.12. The smallest absolute Gasteiger partial charge is 0.0544 e. The molecule has 2 saturated heterocycles. The molecule has 2 aliphatic carbocycles. The molecule has 30 heavy (non-hydrogen) atoms. The fourth-order valence-electron chi connectivity index (χ4n) is 8.00. The van der Waals surface area contributed by atoms with E-state index in [9.17, 15) is 0 Å². The minimum atomic E-state index is 0.353. The second-order valence-electron chi connectivity index (χ2n) is 10.4. The minimum Gasteiger partial charge on any atom is -0.290 e. The van der Waals surface area contributed by atoms with Crippen LogP contribution in [0.3, 0.4) is 0 Å². The van der Waals surface area contributed by atoms with Crippen LogP contribution in [0.4, 0.5) is 0 Å². The van der Waals surface area contributed by atoms with E-state index in [4.69, 9.17) is 9.97 Å². The molecule has 4 heteroatoms. The first-order chi connectivity index (χ1) is 14.6. The van der Waals surface area contributed by atoms with Crippen molar-refractivity contribution in [3.8, 4) is 0 Å². The van der Waals surface area contributed by atoms with Crippen molar-refractivity contribution in [1.82, 2.24) is 19.8 Å². The summed E-state index contributed by atoms with van der Waals surface area (Å²) in [6.07, 6.45) is 12.4. The average Bonchev–Trinajstić information content (AvgIpc) is 3.44. The van der Waals surface area contributed by atoms with Crippen LogP contribution in [0, 0.1) is 25.7 Å². The Hall–Kier alpha value is -1.78. The minimum absolute atomic E-state index is 0.353. The second-order valence-corrected chi connectivity index (χ2v) is 10.4. The number of likely N-dealkylation sites (tertiary alicyclic amines) is 2. The quantitative estimate of drug-likeness (QED) is 0.754. The summed E-state index contributed by atoms with van der Waals surface area (Å²) in [6, 6.07) is 8.94. The Labute approximate surface area is 180 Å². The number of nitrogens with zero attached hydrogens (tertiary/aromatic N) is 4. The molecule has 0 amide bonds. The highest BCUT2D eigenvalue weighted by atomic mass is 15.4. The van der Waals surface area contributed by atoms with Gasteiger partial charge in [-0.25, -0.2) is 0 Å². The molecule has 2 aromatic heterocycles. The summed E-state index contributed by atoms with van der Waals surface area (Å²) < 4.78 is 0. The van der Waals surface area contributed by atoms with E-state index in [1.165, 1.54) is 74.1 Å². The standard InChI is InChI=1S/C26H34N4/c1-19-3-5-23(27-15-19)17-29-13-9-21-8-12-26-22(7-11-25(21,26)29)10-14-30(26)18-24-6-4-20(2)16-28-24/h3-6,15-16,21-22H,7-14,17-18H2,1-2H3/t21?,22?,25-,26-/m0/s1. The van der Waals surface area contributed by atoms with Gasteiger partial charge >= 0.3 is 0 Å². The molecule has 4 heterocycles. The Morgan fingerprint density at radius 3 is 1.60 bits per heavy atom. The molecular formula is C26H34N4. The highest BCUT2D eigenvalue weighted by molar-refractivity contribution is 5.30. The van der Waals surface area contributed by atoms with Crippen LogP contribution in [0.2, 0.25) is 0 Å². The molecule has 4 atom stereocenters. The van der Waals surface area contributed by atoms with E-state index in [1.54, 1.807) is 0 Å². The summed E-state index contributed by atoms with van der Waals surface area (Å²) in [5.74, 6) is 1.72. The molecule has 4 nitrogen and oxygen atoms in total. The monoisotopic (exact) mass is 402 g/mol. The fraction of sp³-hybridized carbons (Fsp3) is 0.615. The molecule has 0 N–H and O–H groups in total. The number of hydrogen-bond donors (Lipinski definition) is 0. The van der Waals surface area contributed by atoms with Crippen LogP contribution in [-0.4, -0.2) is 43.9 Å². The average molecular weight is 403 g/mol. The molecular weight excluding hydrogens is 368 g/mol. The van der Waals surface area contributed by atoms with Gasteiger partial charge in [0.05, 0.1) is 11.4 Å². The summed E-state index contributed by atoms with van der Waals surface area (Å²) in [7, 11) is 0. The predicted octanol–water partition coefficient (Wildman–Crippen LogP) is 4.50. The van der Waals surface area contributed by atoms with Crippen molar-refractivity contribution < 1.29 is 0 Å². The number of pyridine rings is 2. The van der Waals surface area contributed by atoms with Crippen molar-refractivity contribution in [3.05, 3.63) is 59.2 Å². The number of rotatable bonds is 4. The predicted molar refractivity (Wildman–Crippen MR) is 119 cm³/mol. The highest BCUT2D eigenvalue weighted by Crippen LogP contribution is 2.68. The Bertz CT molecular complexity index is 846. The van der Waals surface area contributed by atoms with Crippen LogP contribution in [0.1, 0.15) is 61.0 Å². The Morgan fingerprint density at radius 1 is 0.733 bits per heavy atom. The summed E-state index contributed by atoms with van der Waals surface area (Å²) in [4.78, 5) is 15.3. The molecule has 4 fully saturated rings. The van der Waals surface area contributed by atoms with Gasteiger partial charge in [-0.05, 0) is 101 Å². The van der Waals surface area contributed by atoms with E-state index in [2.05, 4.69) is 47.9 Å². The first-order valence-corrected chi connectivity index (χ1v) is 11.9. The lowest BCUT2D eigenvalue weighted by molar-refractivity contribution is -0.0260. The lowest BCUT2D eigenvalue weighted by Crippen LogP contribution is -2.64. The highest BCUT2D eigenvalue weighted by Gasteiger charge is 2.73. The molecule has 0 bridgehead atoms. The normalized spacial score (nSPS) is 35.5. The summed E-state index contributed by atoms with van der Waals surface area (Å²) in [6.45, 7) is 8.77. The molecule has 158 valence electrons. The first kappa shape index (κ1) is 18.9. The number of aromatic nitrogens is 2. The fourth-order valence-corrected chi connectivity index (χ4v) is 8.00. The Kier molecular flexibility index (Phi) is 4.33. The SMILES string of the molecule is Cc1ccc(CN2CCC3CC[C@@]45C(CCN4Cc4ccc(C)cn4)CC[C@@]325)nc1. The summed E-state index contributed by atoms with van der Waals surface area (Å²) in [5, 5.41) is 0.